The van der Waals surface area contributed by atoms with Crippen LogP contribution in [0.5, 0.6) is 11.5 Å². The van der Waals surface area contributed by atoms with Crippen molar-refractivity contribution in [2.24, 2.45) is 0 Å². The highest BCUT2D eigenvalue weighted by Crippen LogP contribution is 2.29. The lowest BCUT2D eigenvalue weighted by molar-refractivity contribution is -0.111. The Bertz CT molecular complexity index is 794. The zero-order valence-electron chi connectivity index (χ0n) is 16.1. The van der Waals surface area contributed by atoms with Crippen molar-refractivity contribution in [3.63, 3.8) is 0 Å². The number of aryl methyl sites for hydroxylation is 1. The molecule has 0 heterocycles. The normalized spacial score (nSPS) is 11.0. The summed E-state index contributed by atoms with van der Waals surface area (Å²) < 4.78 is 10.8. The summed E-state index contributed by atoms with van der Waals surface area (Å²) in [6.07, 6.45) is 3.30. The standard InChI is InChI=1S/C22H27NO3/c1-6-26-19-12-10-17(14-20(19)25-5)11-13-21(24)23-22-16(4)8-7-9-18(22)15(2)3/h7-15H,6H2,1-5H3,(H,23,24). The Morgan fingerprint density at radius 1 is 1.19 bits per heavy atom. The van der Waals surface area contributed by atoms with Gasteiger partial charge >= 0.3 is 0 Å². The second kappa shape index (κ2) is 9.09. The molecule has 138 valence electrons. The van der Waals surface area contributed by atoms with E-state index in [2.05, 4.69) is 19.2 Å². The van der Waals surface area contributed by atoms with Crippen molar-refractivity contribution < 1.29 is 14.3 Å². The van der Waals surface area contributed by atoms with Crippen molar-refractivity contribution in [2.45, 2.75) is 33.6 Å². The highest BCUT2D eigenvalue weighted by atomic mass is 16.5. The van der Waals surface area contributed by atoms with Crippen LogP contribution in [0.1, 0.15) is 43.4 Å². The van der Waals surface area contributed by atoms with Crippen molar-refractivity contribution in [3.8, 4) is 11.5 Å². The van der Waals surface area contributed by atoms with Gasteiger partial charge in [0.1, 0.15) is 0 Å². The Balaban J connectivity index is 2.16. The molecule has 0 aliphatic heterocycles. The summed E-state index contributed by atoms with van der Waals surface area (Å²) in [6, 6.07) is 11.7. The van der Waals surface area contributed by atoms with Crippen molar-refractivity contribution in [3.05, 3.63) is 59.2 Å². The Labute approximate surface area is 155 Å². The number of hydrogen-bond acceptors (Lipinski definition) is 3. The lowest BCUT2D eigenvalue weighted by Gasteiger charge is -2.15. The topological polar surface area (TPSA) is 47.6 Å². The number of hydrogen-bond donors (Lipinski definition) is 1. The molecule has 1 amide bonds. The SMILES string of the molecule is CCOc1ccc(C=CC(=O)Nc2c(C)cccc2C(C)C)cc1OC. The lowest BCUT2D eigenvalue weighted by Crippen LogP contribution is -2.11. The van der Waals surface area contributed by atoms with Crippen molar-refractivity contribution >= 4 is 17.7 Å². The van der Waals surface area contributed by atoms with E-state index in [0.29, 0.717) is 24.0 Å². The molecular formula is C22H27NO3. The third-order valence-corrected chi connectivity index (χ3v) is 4.09. The van der Waals surface area contributed by atoms with Crippen molar-refractivity contribution in [1.29, 1.82) is 0 Å². The Kier molecular flexibility index (Phi) is 6.84. The van der Waals surface area contributed by atoms with Crippen LogP contribution in [-0.2, 0) is 4.79 Å². The van der Waals surface area contributed by atoms with Gasteiger partial charge in [0.2, 0.25) is 5.91 Å². The molecule has 0 unspecified atom stereocenters. The van der Waals surface area contributed by atoms with Gasteiger partial charge in [-0.1, -0.05) is 38.1 Å². The van der Waals surface area contributed by atoms with Gasteiger partial charge in [-0.05, 0) is 54.7 Å². The Hall–Kier alpha value is -2.75. The molecule has 0 saturated heterocycles. The third-order valence-electron chi connectivity index (χ3n) is 4.09. The molecule has 1 N–H and O–H groups in total. The quantitative estimate of drug-likeness (QED) is 0.698. The van der Waals surface area contributed by atoms with Gasteiger partial charge in [-0.15, -0.1) is 0 Å². The molecule has 0 saturated carbocycles. The molecule has 2 aromatic rings. The molecule has 0 spiro atoms. The summed E-state index contributed by atoms with van der Waals surface area (Å²) >= 11 is 0. The molecule has 0 aliphatic rings. The van der Waals surface area contributed by atoms with E-state index >= 15 is 0 Å². The van der Waals surface area contributed by atoms with Gasteiger partial charge in [-0.25, -0.2) is 0 Å². The monoisotopic (exact) mass is 353 g/mol. The minimum Gasteiger partial charge on any atom is -0.493 e. The van der Waals surface area contributed by atoms with Crippen LogP contribution < -0.4 is 14.8 Å². The average molecular weight is 353 g/mol. The molecule has 0 bridgehead atoms. The van der Waals surface area contributed by atoms with Crippen LogP contribution in [0.2, 0.25) is 0 Å². The first-order valence-corrected chi connectivity index (χ1v) is 8.85. The van der Waals surface area contributed by atoms with Crippen LogP contribution in [0.15, 0.2) is 42.5 Å². The van der Waals surface area contributed by atoms with Crippen LogP contribution in [0.3, 0.4) is 0 Å². The largest absolute Gasteiger partial charge is 0.493 e. The van der Waals surface area contributed by atoms with E-state index in [1.807, 2.05) is 50.2 Å². The predicted molar refractivity (Wildman–Crippen MR) is 107 cm³/mol. The summed E-state index contributed by atoms with van der Waals surface area (Å²) in [5.41, 5.74) is 3.95. The fraction of sp³-hybridized carbons (Fsp3) is 0.318. The molecule has 0 atom stereocenters. The number of rotatable bonds is 7. The number of methoxy groups -OCH3 is 1. The van der Waals surface area contributed by atoms with Gasteiger partial charge in [0.05, 0.1) is 13.7 Å². The van der Waals surface area contributed by atoms with Gasteiger partial charge in [0.25, 0.3) is 0 Å². The van der Waals surface area contributed by atoms with E-state index in [9.17, 15) is 4.79 Å². The smallest absolute Gasteiger partial charge is 0.248 e. The number of anilines is 1. The Morgan fingerprint density at radius 2 is 1.96 bits per heavy atom. The van der Waals surface area contributed by atoms with Gasteiger partial charge < -0.3 is 14.8 Å². The second-order valence-corrected chi connectivity index (χ2v) is 6.36. The third kappa shape index (κ3) is 4.88. The second-order valence-electron chi connectivity index (χ2n) is 6.36. The highest BCUT2D eigenvalue weighted by molar-refractivity contribution is 6.02. The average Bonchev–Trinajstić information content (AvgIpc) is 2.62. The van der Waals surface area contributed by atoms with Crippen molar-refractivity contribution in [2.75, 3.05) is 19.0 Å². The van der Waals surface area contributed by atoms with E-state index in [0.717, 1.165) is 22.4 Å². The number of benzene rings is 2. The number of para-hydroxylation sites is 1. The molecule has 0 fully saturated rings. The van der Waals surface area contributed by atoms with Crippen LogP contribution in [0.25, 0.3) is 6.08 Å². The first kappa shape index (κ1) is 19.6. The number of amides is 1. The van der Waals surface area contributed by atoms with Gasteiger partial charge in [-0.2, -0.15) is 0 Å². The summed E-state index contributed by atoms with van der Waals surface area (Å²) in [5, 5.41) is 3.01. The Morgan fingerprint density at radius 3 is 2.62 bits per heavy atom. The molecule has 4 nitrogen and oxygen atoms in total. The van der Waals surface area contributed by atoms with Gasteiger partial charge in [0.15, 0.2) is 11.5 Å². The predicted octanol–water partition coefficient (Wildman–Crippen LogP) is 5.18. The van der Waals surface area contributed by atoms with Crippen molar-refractivity contribution in [1.82, 2.24) is 0 Å². The minimum absolute atomic E-state index is 0.158. The van der Waals surface area contributed by atoms with Gasteiger partial charge in [0, 0.05) is 11.8 Å². The maximum Gasteiger partial charge on any atom is 0.248 e. The molecule has 2 aromatic carbocycles. The number of carbonyl (C=O) groups excluding carboxylic acids is 1. The van der Waals surface area contributed by atoms with Crippen LogP contribution in [-0.4, -0.2) is 19.6 Å². The number of ether oxygens (including phenoxy) is 2. The van der Waals surface area contributed by atoms with Crippen LogP contribution in [0.4, 0.5) is 5.69 Å². The first-order valence-electron chi connectivity index (χ1n) is 8.85. The molecule has 26 heavy (non-hydrogen) atoms. The maximum absolute atomic E-state index is 12.4. The van der Waals surface area contributed by atoms with E-state index in [1.165, 1.54) is 6.08 Å². The summed E-state index contributed by atoms with van der Waals surface area (Å²) in [6.45, 7) is 8.73. The fourth-order valence-corrected chi connectivity index (χ4v) is 2.74. The van der Waals surface area contributed by atoms with Crippen LogP contribution in [0, 0.1) is 6.92 Å². The molecule has 2 rings (SSSR count). The first-order chi connectivity index (χ1) is 12.5. The van der Waals surface area contributed by atoms with E-state index in [-0.39, 0.29) is 5.91 Å². The highest BCUT2D eigenvalue weighted by Gasteiger charge is 2.10. The summed E-state index contributed by atoms with van der Waals surface area (Å²) in [7, 11) is 1.60. The van der Waals surface area contributed by atoms with E-state index < -0.39 is 0 Å². The minimum atomic E-state index is -0.158. The maximum atomic E-state index is 12.4. The zero-order valence-corrected chi connectivity index (χ0v) is 16.1. The van der Waals surface area contributed by atoms with Crippen LogP contribution >= 0.6 is 0 Å². The van der Waals surface area contributed by atoms with E-state index in [1.54, 1.807) is 13.2 Å². The summed E-state index contributed by atoms with van der Waals surface area (Å²) in [5.74, 6) is 1.52. The zero-order chi connectivity index (χ0) is 19.1. The number of carbonyl (C=O) groups is 1. The van der Waals surface area contributed by atoms with Gasteiger partial charge in [-0.3, -0.25) is 4.79 Å². The summed E-state index contributed by atoms with van der Waals surface area (Å²) in [4.78, 5) is 12.4. The molecule has 0 radical (unpaired) electrons. The molecule has 0 aliphatic carbocycles. The van der Waals surface area contributed by atoms with E-state index in [4.69, 9.17) is 9.47 Å². The number of nitrogens with one attached hydrogen (secondary N) is 1. The molecule has 0 aromatic heterocycles. The fourth-order valence-electron chi connectivity index (χ4n) is 2.74. The molecular weight excluding hydrogens is 326 g/mol. The molecule has 4 heteroatoms. The lowest BCUT2D eigenvalue weighted by atomic mass is 9.98.